The Labute approximate surface area is 479 Å². The van der Waals surface area contributed by atoms with Gasteiger partial charge in [-0.15, -0.1) is 0 Å². The van der Waals surface area contributed by atoms with Crippen LogP contribution in [0.15, 0.2) is 36.5 Å². The van der Waals surface area contributed by atoms with Crippen LogP contribution < -0.4 is 5.32 Å². The molecule has 0 aromatic heterocycles. The summed E-state index contributed by atoms with van der Waals surface area (Å²) in [5.41, 5.74) is 0. The fraction of sp³-hybridized carbons (Fsp3) is 0.881. The smallest absolute Gasteiger partial charge is 0.305 e. The number of ether oxygens (including phenoxy) is 3. The first kappa shape index (κ1) is 73.9. The van der Waals surface area contributed by atoms with E-state index < -0.39 is 49.5 Å². The van der Waals surface area contributed by atoms with Crippen LogP contribution >= 0.6 is 0 Å². The largest absolute Gasteiger partial charge is 0.466 e. The average Bonchev–Trinajstić information content (AvgIpc) is 3.44. The summed E-state index contributed by atoms with van der Waals surface area (Å²) in [7, 11) is 0. The lowest BCUT2D eigenvalue weighted by Crippen LogP contribution is -2.60. The van der Waals surface area contributed by atoms with Crippen molar-refractivity contribution < 1.29 is 49.3 Å². The van der Waals surface area contributed by atoms with Crippen molar-refractivity contribution in [1.82, 2.24) is 5.32 Å². The Kier molecular flexibility index (Phi) is 53.7. The van der Waals surface area contributed by atoms with E-state index in [1.54, 1.807) is 6.08 Å². The molecule has 0 spiro atoms. The molecule has 0 saturated carbocycles. The minimum absolute atomic E-state index is 0.00498. The van der Waals surface area contributed by atoms with Gasteiger partial charge in [0.2, 0.25) is 5.91 Å². The summed E-state index contributed by atoms with van der Waals surface area (Å²) < 4.78 is 16.7. The number of esters is 1. The van der Waals surface area contributed by atoms with E-state index in [-0.39, 0.29) is 18.5 Å². The van der Waals surface area contributed by atoms with Crippen molar-refractivity contribution in [1.29, 1.82) is 0 Å². The normalized spacial score (nSPS) is 18.7. The minimum atomic E-state index is -1.58. The van der Waals surface area contributed by atoms with E-state index in [2.05, 4.69) is 43.5 Å². The lowest BCUT2D eigenvalue weighted by molar-refractivity contribution is -0.302. The second kappa shape index (κ2) is 56.7. The SMILES string of the molecule is CCCCCCCC/C=C/CC/C=C/C(O)C(COC1OC(CO)C(O)C(O)C1O)NC(=O)CCCCCCCCCCCCC/C=C\CCCCCCCCCCCCCCOC(=O)CCCCCCCCCCCCC. The number of unbranched alkanes of at least 4 members (excludes halogenated alkanes) is 40. The van der Waals surface area contributed by atoms with Gasteiger partial charge >= 0.3 is 5.97 Å². The summed E-state index contributed by atoms with van der Waals surface area (Å²) in [5, 5.41) is 54.4. The number of carbonyl (C=O) groups excluding carboxylic acids is 2. The van der Waals surface area contributed by atoms with Crippen molar-refractivity contribution in [3.05, 3.63) is 36.5 Å². The van der Waals surface area contributed by atoms with E-state index in [1.165, 1.54) is 231 Å². The summed E-state index contributed by atoms with van der Waals surface area (Å²) in [5.74, 6) is -0.187. The van der Waals surface area contributed by atoms with Gasteiger partial charge in [0.15, 0.2) is 6.29 Å². The van der Waals surface area contributed by atoms with Crippen LogP contribution in [0.1, 0.15) is 316 Å². The third-order valence-electron chi connectivity index (χ3n) is 15.7. The number of allylic oxidation sites excluding steroid dienone is 5. The maximum Gasteiger partial charge on any atom is 0.305 e. The molecule has 0 aromatic carbocycles. The molecule has 78 heavy (non-hydrogen) atoms. The van der Waals surface area contributed by atoms with E-state index in [0.29, 0.717) is 19.4 Å². The predicted octanol–water partition coefficient (Wildman–Crippen LogP) is 16.2. The summed E-state index contributed by atoms with van der Waals surface area (Å²) in [6, 6.07) is -0.828. The van der Waals surface area contributed by atoms with Gasteiger partial charge in [-0.1, -0.05) is 269 Å². The van der Waals surface area contributed by atoms with E-state index >= 15 is 0 Å². The number of amides is 1. The molecule has 0 bridgehead atoms. The Morgan fingerprint density at radius 1 is 0.462 bits per heavy atom. The monoisotopic (exact) mass is 1100 g/mol. The van der Waals surface area contributed by atoms with E-state index in [4.69, 9.17) is 14.2 Å². The standard InChI is InChI=1S/C67H125NO10/c1-3-5-7-9-11-13-15-34-37-41-45-49-53-60(70)59(58-77-67-66(75)65(74)64(73)61(57-69)78-67)68-62(71)54-50-46-42-38-35-31-29-27-25-23-21-19-17-16-18-20-22-24-26-28-30-32-36-40-44-48-52-56-76-63(72)55-51-47-43-39-33-14-12-10-8-6-4-2/h16-17,34,37,49,53,59-61,64-67,69-70,73-75H,3-15,18-33,35-36,38-48,50-52,54-58H2,1-2H3,(H,68,71)/b17-16-,37-34+,53-49+. The maximum atomic E-state index is 13.0. The van der Waals surface area contributed by atoms with Crippen LogP contribution in [-0.2, 0) is 23.8 Å². The fourth-order valence-corrected chi connectivity index (χ4v) is 10.4. The Morgan fingerprint density at radius 3 is 1.27 bits per heavy atom. The molecule has 6 N–H and O–H groups in total. The van der Waals surface area contributed by atoms with Crippen molar-refractivity contribution in [2.75, 3.05) is 19.8 Å². The summed E-state index contributed by atoms with van der Waals surface area (Å²) in [6.45, 7) is 4.33. The van der Waals surface area contributed by atoms with Gasteiger partial charge in [0, 0.05) is 12.8 Å². The molecule has 0 aromatic rings. The maximum absolute atomic E-state index is 13.0. The van der Waals surface area contributed by atoms with Gasteiger partial charge in [0.05, 0.1) is 32.0 Å². The first-order valence-electron chi connectivity index (χ1n) is 33.3. The summed E-state index contributed by atoms with van der Waals surface area (Å²) in [6.07, 6.45) is 61.2. The van der Waals surface area contributed by atoms with Gasteiger partial charge in [-0.05, 0) is 70.6 Å². The van der Waals surface area contributed by atoms with Gasteiger partial charge < -0.3 is 45.1 Å². The van der Waals surface area contributed by atoms with Crippen LogP contribution in [0, 0.1) is 0 Å². The van der Waals surface area contributed by atoms with Crippen LogP contribution in [0.2, 0.25) is 0 Å². The number of nitrogens with one attached hydrogen (secondary N) is 1. The third kappa shape index (κ3) is 45.5. The molecule has 1 aliphatic rings. The van der Waals surface area contributed by atoms with Crippen molar-refractivity contribution in [2.24, 2.45) is 0 Å². The van der Waals surface area contributed by atoms with Crippen LogP contribution in [0.3, 0.4) is 0 Å². The van der Waals surface area contributed by atoms with Crippen molar-refractivity contribution in [3.8, 4) is 0 Å². The lowest BCUT2D eigenvalue weighted by Gasteiger charge is -2.40. The molecule has 7 unspecified atom stereocenters. The molecule has 11 nitrogen and oxygen atoms in total. The number of aliphatic hydroxyl groups is 5. The molecule has 7 atom stereocenters. The lowest BCUT2D eigenvalue weighted by atomic mass is 9.99. The zero-order valence-corrected chi connectivity index (χ0v) is 50.6. The highest BCUT2D eigenvalue weighted by Gasteiger charge is 2.44. The first-order chi connectivity index (χ1) is 38.2. The first-order valence-corrected chi connectivity index (χ1v) is 33.3. The van der Waals surface area contributed by atoms with Gasteiger partial charge in [0.1, 0.15) is 24.4 Å². The Balaban J connectivity index is 2.01. The summed E-state index contributed by atoms with van der Waals surface area (Å²) >= 11 is 0. The van der Waals surface area contributed by atoms with Gasteiger partial charge in [-0.2, -0.15) is 0 Å². The van der Waals surface area contributed by atoms with Gasteiger partial charge in [-0.3, -0.25) is 9.59 Å². The Hall–Kier alpha value is -2.12. The van der Waals surface area contributed by atoms with Gasteiger partial charge in [-0.25, -0.2) is 0 Å². The molecular weight excluding hydrogens is 979 g/mol. The molecule has 1 aliphatic heterocycles. The second-order valence-electron chi connectivity index (χ2n) is 23.2. The van der Waals surface area contributed by atoms with Crippen molar-refractivity contribution >= 4 is 11.9 Å². The average molecular weight is 1100 g/mol. The van der Waals surface area contributed by atoms with Crippen LogP contribution in [-0.4, -0.2) is 100 Å². The molecule has 458 valence electrons. The van der Waals surface area contributed by atoms with E-state index in [1.807, 2.05) is 6.08 Å². The van der Waals surface area contributed by atoms with E-state index in [0.717, 1.165) is 57.8 Å². The fourth-order valence-electron chi connectivity index (χ4n) is 10.4. The minimum Gasteiger partial charge on any atom is -0.466 e. The Morgan fingerprint density at radius 2 is 0.833 bits per heavy atom. The highest BCUT2D eigenvalue weighted by atomic mass is 16.7. The molecule has 11 heteroatoms. The highest BCUT2D eigenvalue weighted by Crippen LogP contribution is 2.23. The molecular formula is C67H125NO10. The highest BCUT2D eigenvalue weighted by molar-refractivity contribution is 5.76. The molecule has 1 saturated heterocycles. The molecule has 1 rings (SSSR count). The topological polar surface area (TPSA) is 175 Å². The number of carbonyl (C=O) groups is 2. The summed E-state index contributed by atoms with van der Waals surface area (Å²) in [4.78, 5) is 25.1. The quantitative estimate of drug-likeness (QED) is 0.0195. The Bertz CT molecular complexity index is 1390. The number of rotatable bonds is 58. The van der Waals surface area contributed by atoms with Crippen molar-refractivity contribution in [3.63, 3.8) is 0 Å². The number of aliphatic hydroxyl groups excluding tert-OH is 5. The van der Waals surface area contributed by atoms with E-state index in [9.17, 15) is 35.1 Å². The zero-order valence-electron chi connectivity index (χ0n) is 50.6. The third-order valence-corrected chi connectivity index (χ3v) is 15.7. The molecule has 0 radical (unpaired) electrons. The van der Waals surface area contributed by atoms with Crippen LogP contribution in [0.5, 0.6) is 0 Å². The zero-order chi connectivity index (χ0) is 56.6. The van der Waals surface area contributed by atoms with Crippen LogP contribution in [0.4, 0.5) is 0 Å². The molecule has 1 heterocycles. The number of hydrogen-bond acceptors (Lipinski definition) is 10. The predicted molar refractivity (Wildman–Crippen MR) is 324 cm³/mol. The van der Waals surface area contributed by atoms with Crippen molar-refractivity contribution in [2.45, 2.75) is 358 Å². The second-order valence-corrected chi connectivity index (χ2v) is 23.2. The molecule has 1 fully saturated rings. The van der Waals surface area contributed by atoms with Crippen LogP contribution in [0.25, 0.3) is 0 Å². The molecule has 0 aliphatic carbocycles. The molecule has 1 amide bonds. The number of hydrogen-bond donors (Lipinski definition) is 6. The van der Waals surface area contributed by atoms with Gasteiger partial charge in [0.25, 0.3) is 0 Å².